The molecule has 2 heterocycles. The molecule has 3 rings (SSSR count). The summed E-state index contributed by atoms with van der Waals surface area (Å²) in [4.78, 5) is 16.2. The molecule has 1 aromatic heterocycles. The van der Waals surface area contributed by atoms with Gasteiger partial charge in [-0.25, -0.2) is 0 Å². The van der Waals surface area contributed by atoms with E-state index in [4.69, 9.17) is 4.74 Å². The summed E-state index contributed by atoms with van der Waals surface area (Å²) >= 11 is 0. The molecule has 1 amide bonds. The Morgan fingerprint density at radius 1 is 1.21 bits per heavy atom. The van der Waals surface area contributed by atoms with Crippen LogP contribution >= 0.6 is 0 Å². The molecule has 2 N–H and O–H groups in total. The average molecular weight is 325 g/mol. The van der Waals surface area contributed by atoms with E-state index >= 15 is 0 Å². The molecule has 126 valence electrons. The van der Waals surface area contributed by atoms with E-state index in [1.165, 1.54) is 0 Å². The van der Waals surface area contributed by atoms with Crippen LogP contribution in [0.15, 0.2) is 48.7 Å². The summed E-state index contributed by atoms with van der Waals surface area (Å²) in [6.07, 6.45) is 4.78. The molecule has 2 aromatic rings. The molecule has 5 heteroatoms. The van der Waals surface area contributed by atoms with Gasteiger partial charge in [0.2, 0.25) is 5.91 Å². The van der Waals surface area contributed by atoms with E-state index in [1.807, 2.05) is 42.5 Å². The second-order valence-corrected chi connectivity index (χ2v) is 5.98. The summed E-state index contributed by atoms with van der Waals surface area (Å²) in [5, 5.41) is 6.30. The molecule has 1 aliphatic rings. The molecule has 0 radical (unpaired) electrons. The molecule has 1 aliphatic heterocycles. The van der Waals surface area contributed by atoms with Crippen LogP contribution in [0.5, 0.6) is 5.75 Å². The summed E-state index contributed by atoms with van der Waals surface area (Å²) in [5.74, 6) is 0.917. The zero-order valence-electron chi connectivity index (χ0n) is 13.7. The highest BCUT2D eigenvalue weighted by Crippen LogP contribution is 2.15. The second kappa shape index (κ2) is 8.45. The predicted octanol–water partition coefficient (Wildman–Crippen LogP) is 2.42. The number of nitrogens with one attached hydrogen (secondary N) is 2. The number of amides is 1. The number of carbonyl (C=O) groups is 1. The number of ether oxygens (including phenoxy) is 1. The van der Waals surface area contributed by atoms with E-state index in [0.717, 1.165) is 42.8 Å². The monoisotopic (exact) mass is 325 g/mol. The third-order valence-electron chi connectivity index (χ3n) is 4.10. The topological polar surface area (TPSA) is 63.2 Å². The minimum Gasteiger partial charge on any atom is -0.487 e. The fourth-order valence-electron chi connectivity index (χ4n) is 2.76. The minimum atomic E-state index is -0.106. The lowest BCUT2D eigenvalue weighted by Gasteiger charge is -2.15. The van der Waals surface area contributed by atoms with Crippen molar-refractivity contribution in [2.75, 3.05) is 6.54 Å². The van der Waals surface area contributed by atoms with Crippen molar-refractivity contribution >= 4 is 5.91 Å². The number of benzene rings is 1. The van der Waals surface area contributed by atoms with Crippen LogP contribution in [0.25, 0.3) is 0 Å². The quantitative estimate of drug-likeness (QED) is 0.856. The summed E-state index contributed by atoms with van der Waals surface area (Å²) in [6, 6.07) is 13.6. The third kappa shape index (κ3) is 4.80. The number of carbonyl (C=O) groups excluding carboxylic acids is 1. The first-order valence-electron chi connectivity index (χ1n) is 8.44. The fourth-order valence-corrected chi connectivity index (χ4v) is 2.76. The molecule has 1 aromatic carbocycles. The largest absolute Gasteiger partial charge is 0.487 e. The zero-order valence-corrected chi connectivity index (χ0v) is 13.7. The van der Waals surface area contributed by atoms with Crippen molar-refractivity contribution in [3.05, 3.63) is 59.9 Å². The molecule has 1 atom stereocenters. The van der Waals surface area contributed by atoms with E-state index in [2.05, 4.69) is 15.6 Å². The molecule has 1 saturated heterocycles. The smallest absolute Gasteiger partial charge is 0.237 e. The first-order valence-corrected chi connectivity index (χ1v) is 8.44. The van der Waals surface area contributed by atoms with Crippen LogP contribution in [0.2, 0.25) is 0 Å². The lowest BCUT2D eigenvalue weighted by molar-refractivity contribution is -0.122. The van der Waals surface area contributed by atoms with Gasteiger partial charge in [0.25, 0.3) is 0 Å². The fraction of sp³-hybridized carbons (Fsp3) is 0.368. The Labute approximate surface area is 142 Å². The molecular formula is C19H23N3O2. The molecule has 0 aliphatic carbocycles. The van der Waals surface area contributed by atoms with Gasteiger partial charge in [0.1, 0.15) is 12.4 Å². The zero-order chi connectivity index (χ0) is 16.6. The van der Waals surface area contributed by atoms with Crippen LogP contribution in [-0.2, 0) is 17.9 Å². The van der Waals surface area contributed by atoms with Crippen molar-refractivity contribution in [3.63, 3.8) is 0 Å². The highest BCUT2D eigenvalue weighted by atomic mass is 16.5. The molecule has 0 saturated carbocycles. The molecule has 5 nitrogen and oxygen atoms in total. The standard InChI is InChI=1S/C19H23N3O2/c23-19-18(9-2-4-11-21-19)22-13-15-6-5-8-17(12-15)24-14-16-7-1-3-10-20-16/h1,3,5-8,10,12,18,22H,2,4,9,11,13-14H2,(H,21,23)/t18-/m0/s1. The van der Waals surface area contributed by atoms with Gasteiger partial charge in [-0.2, -0.15) is 0 Å². The van der Waals surface area contributed by atoms with Crippen molar-refractivity contribution in [2.45, 2.75) is 38.5 Å². The van der Waals surface area contributed by atoms with Crippen LogP contribution in [0.1, 0.15) is 30.5 Å². The Kier molecular flexibility index (Phi) is 5.80. The van der Waals surface area contributed by atoms with Gasteiger partial charge in [0.15, 0.2) is 0 Å². The Balaban J connectivity index is 1.54. The number of pyridine rings is 1. The first kappa shape index (κ1) is 16.5. The molecule has 0 unspecified atom stereocenters. The normalized spacial score (nSPS) is 17.8. The van der Waals surface area contributed by atoms with Crippen molar-refractivity contribution < 1.29 is 9.53 Å². The first-order chi connectivity index (χ1) is 11.8. The van der Waals surface area contributed by atoms with Gasteiger partial charge < -0.3 is 15.4 Å². The number of aromatic nitrogens is 1. The van der Waals surface area contributed by atoms with Crippen LogP contribution in [-0.4, -0.2) is 23.5 Å². The lowest BCUT2D eigenvalue weighted by atomic mass is 10.1. The minimum absolute atomic E-state index is 0.106. The molecule has 0 bridgehead atoms. The van der Waals surface area contributed by atoms with Crippen LogP contribution < -0.4 is 15.4 Å². The lowest BCUT2D eigenvalue weighted by Crippen LogP contribution is -2.42. The molecule has 1 fully saturated rings. The Bertz CT molecular complexity index is 661. The highest BCUT2D eigenvalue weighted by molar-refractivity contribution is 5.81. The second-order valence-electron chi connectivity index (χ2n) is 5.98. The number of nitrogens with zero attached hydrogens (tertiary/aromatic N) is 1. The summed E-state index contributed by atoms with van der Waals surface area (Å²) in [7, 11) is 0. The number of hydrogen-bond donors (Lipinski definition) is 2. The van der Waals surface area contributed by atoms with Gasteiger partial charge in [-0.3, -0.25) is 9.78 Å². The molecule has 0 spiro atoms. The maximum absolute atomic E-state index is 12.0. The van der Waals surface area contributed by atoms with Crippen molar-refractivity contribution in [3.8, 4) is 5.75 Å². The summed E-state index contributed by atoms with van der Waals surface area (Å²) in [5.41, 5.74) is 2.00. The third-order valence-corrected chi connectivity index (χ3v) is 4.10. The van der Waals surface area contributed by atoms with Crippen molar-refractivity contribution in [2.24, 2.45) is 0 Å². The van der Waals surface area contributed by atoms with Gasteiger partial charge in [0.05, 0.1) is 11.7 Å². The summed E-state index contributed by atoms with van der Waals surface area (Å²) < 4.78 is 5.80. The number of hydrogen-bond acceptors (Lipinski definition) is 4. The van der Waals surface area contributed by atoms with Gasteiger partial charge >= 0.3 is 0 Å². The Hall–Kier alpha value is -2.40. The van der Waals surface area contributed by atoms with E-state index in [0.29, 0.717) is 13.2 Å². The predicted molar refractivity (Wildman–Crippen MR) is 92.5 cm³/mol. The molecule has 24 heavy (non-hydrogen) atoms. The van der Waals surface area contributed by atoms with Gasteiger partial charge in [-0.15, -0.1) is 0 Å². The number of rotatable bonds is 6. The highest BCUT2D eigenvalue weighted by Gasteiger charge is 2.19. The maximum atomic E-state index is 12.0. The van der Waals surface area contributed by atoms with Gasteiger partial charge in [0, 0.05) is 19.3 Å². The average Bonchev–Trinajstić information content (AvgIpc) is 2.84. The van der Waals surface area contributed by atoms with Crippen LogP contribution in [0, 0.1) is 0 Å². The summed E-state index contributed by atoms with van der Waals surface area (Å²) in [6.45, 7) is 1.88. The van der Waals surface area contributed by atoms with E-state index < -0.39 is 0 Å². The Morgan fingerprint density at radius 2 is 2.17 bits per heavy atom. The Morgan fingerprint density at radius 3 is 3.04 bits per heavy atom. The van der Waals surface area contributed by atoms with Crippen molar-refractivity contribution in [1.82, 2.24) is 15.6 Å². The van der Waals surface area contributed by atoms with Crippen molar-refractivity contribution in [1.29, 1.82) is 0 Å². The SMILES string of the molecule is O=C1NCCCC[C@@H]1NCc1cccc(OCc2ccccn2)c1. The maximum Gasteiger partial charge on any atom is 0.237 e. The van der Waals surface area contributed by atoms with Gasteiger partial charge in [-0.05, 0) is 49.1 Å². The van der Waals surface area contributed by atoms with E-state index in [-0.39, 0.29) is 11.9 Å². The van der Waals surface area contributed by atoms with Gasteiger partial charge in [-0.1, -0.05) is 18.2 Å². The van der Waals surface area contributed by atoms with Crippen LogP contribution in [0.4, 0.5) is 0 Å². The van der Waals surface area contributed by atoms with E-state index in [9.17, 15) is 4.79 Å². The molecular weight excluding hydrogens is 302 g/mol. The van der Waals surface area contributed by atoms with Crippen LogP contribution in [0.3, 0.4) is 0 Å². The van der Waals surface area contributed by atoms with E-state index in [1.54, 1.807) is 6.20 Å².